The van der Waals surface area contributed by atoms with Crippen LogP contribution in [-0.2, 0) is 4.79 Å². The van der Waals surface area contributed by atoms with Crippen LogP contribution in [0, 0.1) is 5.92 Å². The van der Waals surface area contributed by atoms with Crippen molar-refractivity contribution in [3.8, 4) is 0 Å². The molecule has 78 valence electrons. The van der Waals surface area contributed by atoms with Crippen LogP contribution in [0.3, 0.4) is 0 Å². The van der Waals surface area contributed by atoms with E-state index in [9.17, 15) is 4.79 Å². The van der Waals surface area contributed by atoms with Gasteiger partial charge in [-0.05, 0) is 25.0 Å². The van der Waals surface area contributed by atoms with Crippen molar-refractivity contribution >= 4 is 5.91 Å². The number of allylic oxidation sites excluding steroid dienone is 3. The van der Waals surface area contributed by atoms with Crippen LogP contribution in [0.25, 0.3) is 0 Å². The second-order valence-corrected chi connectivity index (χ2v) is 3.06. The molecule has 0 aromatic heterocycles. The Balaban J connectivity index is 4.35. The fraction of sp³-hybridized carbons (Fsp3) is 0.417. The highest BCUT2D eigenvalue weighted by Gasteiger charge is 2.13. The topological polar surface area (TPSA) is 29.1 Å². The quantitative estimate of drug-likeness (QED) is 0.646. The van der Waals surface area contributed by atoms with Gasteiger partial charge in [0.15, 0.2) is 0 Å². The van der Waals surface area contributed by atoms with E-state index >= 15 is 0 Å². The zero-order chi connectivity index (χ0) is 11.0. The summed E-state index contributed by atoms with van der Waals surface area (Å²) in [6.07, 6.45) is 6.70. The number of hydrogen-bond donors (Lipinski definition) is 1. The summed E-state index contributed by atoms with van der Waals surface area (Å²) in [5, 5.41) is 2.80. The van der Waals surface area contributed by atoms with Crippen molar-refractivity contribution in [3.05, 3.63) is 37.1 Å². The number of nitrogens with one attached hydrogen (secondary N) is 1. The first-order valence-corrected chi connectivity index (χ1v) is 4.95. The van der Waals surface area contributed by atoms with Gasteiger partial charge in [-0.1, -0.05) is 33.1 Å². The molecule has 1 N–H and O–H groups in total. The smallest absolute Gasteiger partial charge is 0.227 e. The molecule has 2 nitrogen and oxygen atoms in total. The molecule has 0 saturated carbocycles. The first-order valence-electron chi connectivity index (χ1n) is 4.95. The summed E-state index contributed by atoms with van der Waals surface area (Å²) < 4.78 is 0. The van der Waals surface area contributed by atoms with E-state index in [4.69, 9.17) is 0 Å². The van der Waals surface area contributed by atoms with Crippen molar-refractivity contribution in [1.82, 2.24) is 5.32 Å². The number of carbonyl (C=O) groups is 1. The van der Waals surface area contributed by atoms with E-state index in [1.165, 1.54) is 0 Å². The third-order valence-electron chi connectivity index (χ3n) is 2.14. The lowest BCUT2D eigenvalue weighted by Crippen LogP contribution is -2.28. The molecular formula is C12H19NO. The van der Waals surface area contributed by atoms with Crippen LogP contribution in [0.5, 0.6) is 0 Å². The molecule has 0 rings (SSSR count). The highest BCUT2D eigenvalue weighted by atomic mass is 16.1. The first-order chi connectivity index (χ1) is 6.69. The molecule has 1 amide bonds. The maximum Gasteiger partial charge on any atom is 0.227 e. The minimum absolute atomic E-state index is 0.0583. The third kappa shape index (κ3) is 4.08. The summed E-state index contributed by atoms with van der Waals surface area (Å²) in [6.45, 7) is 11.2. The molecular weight excluding hydrogens is 174 g/mol. The van der Waals surface area contributed by atoms with Crippen molar-refractivity contribution in [3.63, 3.8) is 0 Å². The van der Waals surface area contributed by atoms with E-state index in [-0.39, 0.29) is 11.8 Å². The molecule has 0 heterocycles. The minimum Gasteiger partial charge on any atom is -0.326 e. The van der Waals surface area contributed by atoms with E-state index in [2.05, 4.69) is 18.5 Å². The van der Waals surface area contributed by atoms with Gasteiger partial charge in [0.2, 0.25) is 5.91 Å². The highest BCUT2D eigenvalue weighted by molar-refractivity contribution is 5.80. The molecule has 0 fully saturated rings. The number of amides is 1. The Morgan fingerprint density at radius 2 is 1.93 bits per heavy atom. The third-order valence-corrected chi connectivity index (χ3v) is 2.14. The van der Waals surface area contributed by atoms with Crippen LogP contribution in [0.2, 0.25) is 0 Å². The van der Waals surface area contributed by atoms with Crippen molar-refractivity contribution < 1.29 is 4.79 Å². The first kappa shape index (κ1) is 12.7. The Kier molecular flexibility index (Phi) is 6.46. The molecule has 0 bridgehead atoms. The molecule has 0 spiro atoms. The number of rotatable bonds is 6. The van der Waals surface area contributed by atoms with Crippen LogP contribution < -0.4 is 5.32 Å². The van der Waals surface area contributed by atoms with Crippen molar-refractivity contribution in [2.24, 2.45) is 5.92 Å². The van der Waals surface area contributed by atoms with Gasteiger partial charge in [0.25, 0.3) is 0 Å². The van der Waals surface area contributed by atoms with Crippen LogP contribution >= 0.6 is 0 Å². The average Bonchev–Trinajstić information content (AvgIpc) is 2.19. The van der Waals surface area contributed by atoms with Gasteiger partial charge in [0, 0.05) is 11.6 Å². The summed E-state index contributed by atoms with van der Waals surface area (Å²) in [7, 11) is 0. The lowest BCUT2D eigenvalue weighted by molar-refractivity contribution is -0.124. The van der Waals surface area contributed by atoms with Crippen molar-refractivity contribution in [2.75, 3.05) is 0 Å². The molecule has 0 aromatic rings. The summed E-state index contributed by atoms with van der Waals surface area (Å²) >= 11 is 0. The van der Waals surface area contributed by atoms with E-state index < -0.39 is 0 Å². The molecule has 0 aliphatic heterocycles. The molecule has 0 atom stereocenters. The van der Waals surface area contributed by atoms with Crippen molar-refractivity contribution in [1.29, 1.82) is 0 Å². The minimum atomic E-state index is 0.0583. The van der Waals surface area contributed by atoms with Crippen LogP contribution in [-0.4, -0.2) is 5.91 Å². The highest BCUT2D eigenvalue weighted by Crippen LogP contribution is 2.08. The molecule has 0 aromatic carbocycles. The van der Waals surface area contributed by atoms with Gasteiger partial charge in [-0.2, -0.15) is 0 Å². The molecule has 0 aliphatic rings. The number of carbonyl (C=O) groups excluding carboxylic acids is 1. The summed E-state index contributed by atoms with van der Waals surface area (Å²) in [5.74, 6) is 0.145. The zero-order valence-corrected chi connectivity index (χ0v) is 9.05. The Labute approximate surface area is 86.4 Å². The lowest BCUT2D eigenvalue weighted by atomic mass is 10.0. The fourth-order valence-electron chi connectivity index (χ4n) is 1.19. The van der Waals surface area contributed by atoms with Crippen LogP contribution in [0.15, 0.2) is 37.1 Å². The van der Waals surface area contributed by atoms with Crippen LogP contribution in [0.1, 0.15) is 26.7 Å². The largest absolute Gasteiger partial charge is 0.326 e. The monoisotopic (exact) mass is 193 g/mol. The van der Waals surface area contributed by atoms with Gasteiger partial charge in [-0.15, -0.1) is 0 Å². The molecule has 0 unspecified atom stereocenters. The molecule has 14 heavy (non-hydrogen) atoms. The lowest BCUT2D eigenvalue weighted by Gasteiger charge is -2.12. The van der Waals surface area contributed by atoms with Gasteiger partial charge >= 0.3 is 0 Å². The predicted octanol–water partition coefficient (Wildman–Crippen LogP) is 2.79. The average molecular weight is 193 g/mol. The molecule has 2 heteroatoms. The maximum absolute atomic E-state index is 11.6. The molecule has 0 aliphatic carbocycles. The van der Waals surface area contributed by atoms with E-state index in [1.54, 1.807) is 18.2 Å². The van der Waals surface area contributed by atoms with Crippen LogP contribution in [0.4, 0.5) is 0 Å². The van der Waals surface area contributed by atoms with E-state index in [1.807, 2.05) is 13.8 Å². The normalized spacial score (nSPS) is 11.2. The maximum atomic E-state index is 11.6. The van der Waals surface area contributed by atoms with E-state index in [0.29, 0.717) is 5.70 Å². The molecule has 0 radical (unpaired) electrons. The summed E-state index contributed by atoms with van der Waals surface area (Å²) in [6, 6.07) is 0. The second-order valence-electron chi connectivity index (χ2n) is 3.06. The van der Waals surface area contributed by atoms with Crippen molar-refractivity contribution in [2.45, 2.75) is 26.7 Å². The van der Waals surface area contributed by atoms with Gasteiger partial charge in [-0.3, -0.25) is 4.79 Å². The summed E-state index contributed by atoms with van der Waals surface area (Å²) in [5.41, 5.74) is 0.705. The second kappa shape index (κ2) is 7.13. The van der Waals surface area contributed by atoms with Gasteiger partial charge in [0.05, 0.1) is 0 Å². The standard InChI is InChI=1S/C12H19NO/c1-5-9-11(8-4)13-12(14)10(6-2)7-3/h5,8-10H,1,4,6-7H2,2-3H3,(H,13,14). The van der Waals surface area contributed by atoms with Gasteiger partial charge < -0.3 is 5.32 Å². The Morgan fingerprint density at radius 1 is 1.36 bits per heavy atom. The van der Waals surface area contributed by atoms with Gasteiger partial charge in [0.1, 0.15) is 0 Å². The predicted molar refractivity (Wildman–Crippen MR) is 60.7 cm³/mol. The SMILES string of the molecule is C=CC=C(C=C)NC(=O)C(CC)CC. The Morgan fingerprint density at radius 3 is 2.29 bits per heavy atom. The Hall–Kier alpha value is -1.31. The Bertz CT molecular complexity index is 237. The van der Waals surface area contributed by atoms with Gasteiger partial charge in [-0.25, -0.2) is 0 Å². The fourth-order valence-corrected chi connectivity index (χ4v) is 1.19. The number of hydrogen-bond acceptors (Lipinski definition) is 1. The van der Waals surface area contributed by atoms with E-state index in [0.717, 1.165) is 12.8 Å². The summed E-state index contributed by atoms with van der Waals surface area (Å²) in [4.78, 5) is 11.6. The zero-order valence-electron chi connectivity index (χ0n) is 9.05. The molecule has 0 saturated heterocycles.